The first-order chi connectivity index (χ1) is 15.5. The van der Waals surface area contributed by atoms with Gasteiger partial charge in [-0.1, -0.05) is 12.1 Å². The van der Waals surface area contributed by atoms with Crippen LogP contribution in [0.4, 0.5) is 0 Å². The van der Waals surface area contributed by atoms with Gasteiger partial charge in [-0.2, -0.15) is 0 Å². The molecule has 0 radical (unpaired) electrons. The number of oxazole rings is 1. The zero-order valence-corrected chi connectivity index (χ0v) is 17.9. The predicted molar refractivity (Wildman–Crippen MR) is 116 cm³/mol. The molecule has 0 unspecified atom stereocenters. The van der Waals surface area contributed by atoms with Crippen LogP contribution in [0.5, 0.6) is 0 Å². The van der Waals surface area contributed by atoms with Crippen molar-refractivity contribution >= 4 is 17.8 Å². The second-order valence-corrected chi connectivity index (χ2v) is 7.45. The number of rotatable bonds is 7. The van der Waals surface area contributed by atoms with E-state index in [2.05, 4.69) is 10.3 Å². The van der Waals surface area contributed by atoms with Crippen LogP contribution in [0.2, 0.25) is 0 Å². The number of nitrogens with one attached hydrogen (secondary N) is 1. The number of aryl methyl sites for hydroxylation is 1. The van der Waals surface area contributed by atoms with Crippen molar-refractivity contribution in [1.82, 2.24) is 15.2 Å². The largest absolute Gasteiger partial charge is 0.462 e. The molecule has 0 saturated carbocycles. The van der Waals surface area contributed by atoms with Gasteiger partial charge in [0.25, 0.3) is 11.8 Å². The molecule has 2 heterocycles. The van der Waals surface area contributed by atoms with Crippen LogP contribution in [0.25, 0.3) is 11.5 Å². The number of ether oxygens (including phenoxy) is 1. The molecule has 4 rings (SSSR count). The number of aromatic nitrogens is 1. The van der Waals surface area contributed by atoms with Crippen LogP contribution in [-0.2, 0) is 11.3 Å². The number of benzene rings is 2. The van der Waals surface area contributed by atoms with Gasteiger partial charge in [0.15, 0.2) is 0 Å². The molecule has 1 aliphatic heterocycles. The Hall–Kier alpha value is -3.94. The topological polar surface area (TPSA) is 102 Å². The Labute approximate surface area is 185 Å². The maximum Gasteiger partial charge on any atom is 0.338 e. The van der Waals surface area contributed by atoms with E-state index in [1.807, 2.05) is 13.0 Å². The second kappa shape index (κ2) is 9.05. The predicted octanol–water partition coefficient (Wildman–Crippen LogP) is 3.21. The average Bonchev–Trinajstić information content (AvgIpc) is 3.37. The summed E-state index contributed by atoms with van der Waals surface area (Å²) >= 11 is 0. The third-order valence-electron chi connectivity index (χ3n) is 5.16. The van der Waals surface area contributed by atoms with E-state index in [0.717, 1.165) is 11.3 Å². The monoisotopic (exact) mass is 433 g/mol. The number of amides is 2. The first-order valence-corrected chi connectivity index (χ1v) is 10.4. The maximum absolute atomic E-state index is 12.7. The average molecular weight is 433 g/mol. The van der Waals surface area contributed by atoms with Gasteiger partial charge in [0, 0.05) is 36.3 Å². The molecule has 1 aromatic heterocycles. The molecule has 2 aromatic carbocycles. The molecular weight excluding hydrogens is 410 g/mol. The summed E-state index contributed by atoms with van der Waals surface area (Å²) in [5.41, 5.74) is 3.66. The third-order valence-corrected chi connectivity index (χ3v) is 5.16. The van der Waals surface area contributed by atoms with Crippen LogP contribution in [0, 0.1) is 6.92 Å². The number of hydrogen-bond donors (Lipinski definition) is 1. The lowest BCUT2D eigenvalue weighted by Crippen LogP contribution is -2.35. The van der Waals surface area contributed by atoms with E-state index >= 15 is 0 Å². The summed E-state index contributed by atoms with van der Waals surface area (Å²) in [6.07, 6.45) is 1.56. The van der Waals surface area contributed by atoms with Crippen molar-refractivity contribution in [3.05, 3.63) is 76.7 Å². The highest BCUT2D eigenvalue weighted by atomic mass is 16.5. The fourth-order valence-corrected chi connectivity index (χ4v) is 3.57. The number of carbonyl (C=O) groups is 3. The zero-order valence-electron chi connectivity index (χ0n) is 17.9. The summed E-state index contributed by atoms with van der Waals surface area (Å²) in [5.74, 6) is -0.402. The highest BCUT2D eigenvalue weighted by Crippen LogP contribution is 2.24. The maximum atomic E-state index is 12.7. The van der Waals surface area contributed by atoms with E-state index in [-0.39, 0.29) is 18.4 Å². The molecular formula is C24H23N3O5. The van der Waals surface area contributed by atoms with E-state index < -0.39 is 5.97 Å². The van der Waals surface area contributed by atoms with E-state index in [1.54, 1.807) is 54.5 Å². The van der Waals surface area contributed by atoms with E-state index in [0.29, 0.717) is 47.8 Å². The number of fused-ring (bicyclic) bond motifs is 1. The summed E-state index contributed by atoms with van der Waals surface area (Å²) in [4.78, 5) is 43.1. The minimum Gasteiger partial charge on any atom is -0.462 e. The molecule has 8 heteroatoms. The summed E-state index contributed by atoms with van der Waals surface area (Å²) < 4.78 is 10.4. The second-order valence-electron chi connectivity index (χ2n) is 7.45. The van der Waals surface area contributed by atoms with Crippen molar-refractivity contribution in [3.63, 3.8) is 0 Å². The van der Waals surface area contributed by atoms with Crippen LogP contribution < -0.4 is 5.32 Å². The van der Waals surface area contributed by atoms with Crippen LogP contribution in [0.3, 0.4) is 0 Å². The minimum absolute atomic E-state index is 0.165. The SMILES string of the molecule is CCOC(=O)c1ccc2c(c1)C(=O)N(CCNC(=O)c1cccc(-c3nc(C)co3)c1)C2. The summed E-state index contributed by atoms with van der Waals surface area (Å²) in [5, 5.41) is 2.85. The first-order valence-electron chi connectivity index (χ1n) is 10.4. The van der Waals surface area contributed by atoms with Gasteiger partial charge in [0.2, 0.25) is 5.89 Å². The van der Waals surface area contributed by atoms with Crippen LogP contribution in [0.15, 0.2) is 53.1 Å². The van der Waals surface area contributed by atoms with Gasteiger partial charge in [-0.15, -0.1) is 0 Å². The van der Waals surface area contributed by atoms with Crippen molar-refractivity contribution in [2.24, 2.45) is 0 Å². The number of nitrogens with zero attached hydrogens (tertiary/aromatic N) is 2. The van der Waals surface area contributed by atoms with Crippen molar-refractivity contribution < 1.29 is 23.5 Å². The first kappa shape index (κ1) is 21.3. The Balaban J connectivity index is 1.35. The number of carbonyl (C=O) groups excluding carboxylic acids is 3. The van der Waals surface area contributed by atoms with Gasteiger partial charge in [-0.25, -0.2) is 9.78 Å². The van der Waals surface area contributed by atoms with Crippen molar-refractivity contribution in [1.29, 1.82) is 0 Å². The minimum atomic E-state index is -0.448. The number of esters is 1. The molecule has 164 valence electrons. The summed E-state index contributed by atoms with van der Waals surface area (Å²) in [6.45, 7) is 4.93. The Morgan fingerprint density at radius 3 is 2.78 bits per heavy atom. The molecule has 1 aliphatic rings. The Morgan fingerprint density at radius 1 is 1.19 bits per heavy atom. The lowest BCUT2D eigenvalue weighted by Gasteiger charge is -2.16. The quantitative estimate of drug-likeness (QED) is 0.574. The van der Waals surface area contributed by atoms with E-state index in [1.165, 1.54) is 0 Å². The smallest absolute Gasteiger partial charge is 0.338 e. The molecule has 0 spiro atoms. The van der Waals surface area contributed by atoms with Crippen LogP contribution in [-0.4, -0.2) is 47.4 Å². The van der Waals surface area contributed by atoms with Crippen molar-refractivity contribution in [3.8, 4) is 11.5 Å². The number of hydrogen-bond acceptors (Lipinski definition) is 6. The molecule has 1 N–H and O–H groups in total. The van der Waals surface area contributed by atoms with Gasteiger partial charge < -0.3 is 19.4 Å². The van der Waals surface area contributed by atoms with Crippen molar-refractivity contribution in [2.75, 3.05) is 19.7 Å². The fourth-order valence-electron chi connectivity index (χ4n) is 3.57. The van der Waals surface area contributed by atoms with E-state index in [4.69, 9.17) is 9.15 Å². The molecule has 32 heavy (non-hydrogen) atoms. The van der Waals surface area contributed by atoms with E-state index in [9.17, 15) is 14.4 Å². The Morgan fingerprint density at radius 2 is 2.03 bits per heavy atom. The Bertz CT molecular complexity index is 1180. The molecule has 0 atom stereocenters. The molecule has 0 saturated heterocycles. The molecule has 2 amide bonds. The summed E-state index contributed by atoms with van der Waals surface area (Å²) in [6, 6.07) is 12.0. The standard InChI is InChI=1S/C24H23N3O5/c1-3-31-24(30)18-7-8-19-13-27(23(29)20(19)12-18)10-9-25-21(28)16-5-4-6-17(11-16)22-26-15(2)14-32-22/h4-8,11-12,14H,3,9-10,13H2,1-2H3,(H,25,28). The zero-order chi connectivity index (χ0) is 22.7. The van der Waals surface area contributed by atoms with Crippen LogP contribution >= 0.6 is 0 Å². The van der Waals surface area contributed by atoms with Gasteiger partial charge in [-0.05, 0) is 49.7 Å². The molecule has 0 fully saturated rings. The van der Waals surface area contributed by atoms with Gasteiger partial charge in [0.1, 0.15) is 6.26 Å². The summed E-state index contributed by atoms with van der Waals surface area (Å²) in [7, 11) is 0. The molecule has 0 aliphatic carbocycles. The molecule has 8 nitrogen and oxygen atoms in total. The normalized spacial score (nSPS) is 12.6. The highest BCUT2D eigenvalue weighted by Gasteiger charge is 2.28. The lowest BCUT2D eigenvalue weighted by molar-refractivity contribution is 0.0526. The molecule has 3 aromatic rings. The molecule has 0 bridgehead atoms. The van der Waals surface area contributed by atoms with Crippen LogP contribution in [0.1, 0.15) is 49.3 Å². The van der Waals surface area contributed by atoms with Gasteiger partial charge in [-0.3, -0.25) is 9.59 Å². The fraction of sp³-hybridized carbons (Fsp3) is 0.250. The lowest BCUT2D eigenvalue weighted by atomic mass is 10.1. The Kier molecular flexibility index (Phi) is 6.02. The van der Waals surface area contributed by atoms with Gasteiger partial charge >= 0.3 is 5.97 Å². The highest BCUT2D eigenvalue weighted by molar-refractivity contribution is 6.01. The third kappa shape index (κ3) is 4.39. The van der Waals surface area contributed by atoms with Crippen molar-refractivity contribution in [2.45, 2.75) is 20.4 Å². The van der Waals surface area contributed by atoms with Gasteiger partial charge in [0.05, 0.1) is 17.9 Å².